The first-order valence-electron chi connectivity index (χ1n) is 10.1. The summed E-state index contributed by atoms with van der Waals surface area (Å²) < 4.78 is 27.0. The highest BCUT2D eigenvalue weighted by molar-refractivity contribution is 8.25. The molecule has 1 aliphatic heterocycles. The molecule has 0 aromatic heterocycles. The number of ether oxygens (including phenoxy) is 1. The van der Waals surface area contributed by atoms with Gasteiger partial charge in [-0.2, -0.15) is 0 Å². The summed E-state index contributed by atoms with van der Waals surface area (Å²) in [4.78, 5) is 25.3. The minimum Gasteiger partial charge on any atom is -0.357 e. The fourth-order valence-electron chi connectivity index (χ4n) is 3.35. The molecule has 0 bridgehead atoms. The minimum absolute atomic E-state index is 0.142. The first-order chi connectivity index (χ1) is 16.2. The Kier molecular flexibility index (Phi) is 7.32. The van der Waals surface area contributed by atoms with Gasteiger partial charge in [0.05, 0.1) is 40.1 Å². The summed E-state index contributed by atoms with van der Waals surface area (Å²) in [6.07, 6.45) is 0. The van der Waals surface area contributed by atoms with Crippen molar-refractivity contribution in [3.63, 3.8) is 0 Å². The Labute approximate surface area is 207 Å². The van der Waals surface area contributed by atoms with Crippen LogP contribution in [0.1, 0.15) is 20.7 Å². The molecule has 1 fully saturated rings. The van der Waals surface area contributed by atoms with Gasteiger partial charge in [0.15, 0.2) is 5.94 Å². The topological polar surface area (TPSA) is 111 Å². The third kappa shape index (κ3) is 5.47. The molecule has 0 radical (unpaired) electrons. The average molecular weight is 522 g/mol. The fraction of sp³-hybridized carbons (Fsp3) is 0.130. The second-order valence-corrected chi connectivity index (χ2v) is 10.1. The van der Waals surface area contributed by atoms with Gasteiger partial charge >= 0.3 is 0 Å². The van der Waals surface area contributed by atoms with E-state index >= 15 is 0 Å². The Bertz CT molecular complexity index is 1230. The molecule has 0 atom stereocenters. The van der Waals surface area contributed by atoms with Crippen LogP contribution in [-0.2, 0) is 4.74 Å². The van der Waals surface area contributed by atoms with Gasteiger partial charge in [-0.05, 0) is 48.5 Å². The molecule has 3 aromatic carbocycles. The van der Waals surface area contributed by atoms with Gasteiger partial charge in [-0.25, -0.2) is 0 Å². The summed E-state index contributed by atoms with van der Waals surface area (Å²) in [7, 11) is -3.11. The van der Waals surface area contributed by atoms with Crippen molar-refractivity contribution in [3.05, 3.63) is 87.9 Å². The normalized spacial score (nSPS) is 15.9. The molecule has 0 unspecified atom stereocenters. The Hall–Kier alpha value is -2.79. The lowest BCUT2D eigenvalue weighted by Crippen LogP contribution is -2.38. The molecule has 4 N–H and O–H groups in total. The quantitative estimate of drug-likeness (QED) is 0.329. The smallest absolute Gasteiger partial charge is 0.257 e. The van der Waals surface area contributed by atoms with E-state index in [-0.39, 0.29) is 29.0 Å². The van der Waals surface area contributed by atoms with E-state index in [4.69, 9.17) is 27.9 Å². The number of hydrogen-bond donors (Lipinski definition) is 4. The number of nitrogens with one attached hydrogen (secondary N) is 2. The molecule has 0 spiro atoms. The van der Waals surface area contributed by atoms with Gasteiger partial charge in [0.25, 0.3) is 11.8 Å². The maximum absolute atomic E-state index is 12.8. The van der Waals surface area contributed by atoms with Gasteiger partial charge in [0, 0.05) is 11.3 Å². The van der Waals surface area contributed by atoms with Gasteiger partial charge in [0.2, 0.25) is 0 Å². The molecular formula is C23H21Cl2N3O5S. The summed E-state index contributed by atoms with van der Waals surface area (Å²) in [5.74, 6) is -1.00. The highest BCUT2D eigenvalue weighted by Gasteiger charge is 2.28. The molecule has 178 valence electrons. The predicted molar refractivity (Wildman–Crippen MR) is 136 cm³/mol. The van der Waals surface area contributed by atoms with Crippen LogP contribution in [0, 0.1) is 0 Å². The Morgan fingerprint density at radius 3 is 2.38 bits per heavy atom. The lowest BCUT2D eigenvalue weighted by Gasteiger charge is -2.46. The van der Waals surface area contributed by atoms with Crippen LogP contribution in [0.3, 0.4) is 0 Å². The predicted octanol–water partition coefficient (Wildman–Crippen LogP) is 5.96. The zero-order valence-corrected chi connectivity index (χ0v) is 20.0. The number of nitrogens with zero attached hydrogens (tertiary/aromatic N) is 1. The van der Waals surface area contributed by atoms with E-state index in [1.165, 1.54) is 16.4 Å². The van der Waals surface area contributed by atoms with Crippen LogP contribution in [0.15, 0.2) is 66.7 Å². The fourth-order valence-corrected chi connectivity index (χ4v) is 5.06. The van der Waals surface area contributed by atoms with Crippen molar-refractivity contribution in [1.82, 2.24) is 0 Å². The molecule has 1 heterocycles. The average Bonchev–Trinajstić information content (AvgIpc) is 2.81. The third-order valence-electron chi connectivity index (χ3n) is 5.03. The lowest BCUT2D eigenvalue weighted by atomic mass is 10.1. The van der Waals surface area contributed by atoms with E-state index in [2.05, 4.69) is 10.6 Å². The van der Waals surface area contributed by atoms with Crippen molar-refractivity contribution in [3.8, 4) is 0 Å². The molecule has 1 aliphatic rings. The molecule has 4 rings (SSSR count). The van der Waals surface area contributed by atoms with Crippen LogP contribution in [0.2, 0.25) is 10.0 Å². The van der Waals surface area contributed by atoms with Gasteiger partial charge in [-0.1, -0.05) is 52.2 Å². The number of benzene rings is 3. The second-order valence-electron chi connectivity index (χ2n) is 7.39. The summed E-state index contributed by atoms with van der Waals surface area (Å²) in [6.45, 7) is 0.627. The van der Waals surface area contributed by atoms with E-state index in [0.717, 1.165) is 0 Å². The first kappa shape index (κ1) is 24.3. The van der Waals surface area contributed by atoms with Crippen LogP contribution in [0.5, 0.6) is 0 Å². The van der Waals surface area contributed by atoms with Gasteiger partial charge < -0.3 is 15.4 Å². The van der Waals surface area contributed by atoms with Crippen molar-refractivity contribution in [2.45, 2.75) is 0 Å². The number of amides is 2. The van der Waals surface area contributed by atoms with Crippen LogP contribution >= 0.6 is 34.0 Å². The summed E-state index contributed by atoms with van der Waals surface area (Å²) in [6, 6.07) is 18.0. The number of anilines is 3. The zero-order valence-electron chi connectivity index (χ0n) is 17.7. The Morgan fingerprint density at radius 1 is 0.912 bits per heavy atom. The Morgan fingerprint density at radius 2 is 1.68 bits per heavy atom. The van der Waals surface area contributed by atoms with Crippen LogP contribution in [0.25, 0.3) is 0 Å². The minimum atomic E-state index is -3.11. The van der Waals surface area contributed by atoms with E-state index in [9.17, 15) is 18.7 Å². The first-order valence-corrected chi connectivity index (χ1v) is 12.6. The number of carbonyl (C=O) groups excluding carboxylic acids is 2. The number of carbonyl (C=O) groups is 2. The van der Waals surface area contributed by atoms with Crippen molar-refractivity contribution < 1.29 is 23.4 Å². The summed E-state index contributed by atoms with van der Waals surface area (Å²) in [5.41, 5.74) is 1.88. The Balaban J connectivity index is 1.49. The lowest BCUT2D eigenvalue weighted by molar-refractivity contribution is 0.101. The summed E-state index contributed by atoms with van der Waals surface area (Å²) in [5, 5.41) is 5.92. The van der Waals surface area contributed by atoms with Crippen molar-refractivity contribution >= 4 is 62.9 Å². The van der Waals surface area contributed by atoms with Crippen LogP contribution in [-0.4, -0.2) is 40.0 Å². The van der Waals surface area contributed by atoms with E-state index < -0.39 is 16.7 Å². The molecule has 3 aromatic rings. The van der Waals surface area contributed by atoms with Crippen molar-refractivity contribution in [2.75, 3.05) is 34.0 Å². The van der Waals surface area contributed by atoms with E-state index in [1.807, 2.05) is 6.07 Å². The second kappa shape index (κ2) is 10.2. The molecule has 0 aliphatic carbocycles. The van der Waals surface area contributed by atoms with Crippen LogP contribution in [0.4, 0.5) is 17.1 Å². The van der Waals surface area contributed by atoms with E-state index in [1.54, 1.807) is 48.5 Å². The molecular weight excluding hydrogens is 501 g/mol. The molecule has 1 saturated heterocycles. The monoisotopic (exact) mass is 521 g/mol. The maximum Gasteiger partial charge on any atom is 0.257 e. The maximum atomic E-state index is 12.8. The summed E-state index contributed by atoms with van der Waals surface area (Å²) >= 11 is 12.6. The number of halogens is 2. The van der Waals surface area contributed by atoms with Crippen molar-refractivity contribution in [2.24, 2.45) is 0 Å². The van der Waals surface area contributed by atoms with Gasteiger partial charge in [0.1, 0.15) is 0 Å². The SMILES string of the molecule is O=C(Nc1cc(NC(=O)c2ccc(N3CCOCS3(O)O)cc2Cl)ccc1Cl)c1ccccc1. The number of hydrogen-bond acceptors (Lipinski definition) is 6. The van der Waals surface area contributed by atoms with Crippen LogP contribution < -0.4 is 14.9 Å². The van der Waals surface area contributed by atoms with Crippen molar-refractivity contribution in [1.29, 1.82) is 0 Å². The molecule has 0 saturated carbocycles. The molecule has 2 amide bonds. The number of rotatable bonds is 5. The molecule has 11 heteroatoms. The van der Waals surface area contributed by atoms with Gasteiger partial charge in [-0.15, -0.1) is 0 Å². The third-order valence-corrected chi connectivity index (χ3v) is 7.25. The zero-order chi connectivity index (χ0) is 24.3. The molecule has 8 nitrogen and oxygen atoms in total. The highest BCUT2D eigenvalue weighted by atomic mass is 35.5. The largest absolute Gasteiger partial charge is 0.357 e. The van der Waals surface area contributed by atoms with E-state index in [0.29, 0.717) is 34.3 Å². The standard InChI is InChI=1S/C23H21Cl2N3O5S/c24-19-9-6-16(12-21(19)27-22(29)15-4-2-1-3-5-15)26-23(30)18-8-7-17(13-20(18)25)28-10-11-33-14-34(28,31)32/h1-9,12-13,31-32H,10-11,14H2,(H,26,30)(H,27,29). The highest BCUT2D eigenvalue weighted by Crippen LogP contribution is 2.48. The van der Waals surface area contributed by atoms with Gasteiger partial charge in [-0.3, -0.25) is 23.0 Å². The molecule has 34 heavy (non-hydrogen) atoms.